The molecule has 1 atom stereocenters. The average molecular weight is 209 g/mol. The third kappa shape index (κ3) is 2.11. The Kier molecular flexibility index (Phi) is 3.24. The van der Waals surface area contributed by atoms with E-state index in [1.54, 1.807) is 12.1 Å². The van der Waals surface area contributed by atoms with Crippen molar-refractivity contribution in [3.8, 4) is 0 Å². The SMILES string of the molecule is C=C(C)c1cc(S(=O)[O-])cc(C)c1C. The zero-order valence-electron chi connectivity index (χ0n) is 8.59. The molecule has 2 nitrogen and oxygen atoms in total. The van der Waals surface area contributed by atoms with Gasteiger partial charge >= 0.3 is 0 Å². The lowest BCUT2D eigenvalue weighted by molar-refractivity contribution is 0.537. The zero-order valence-corrected chi connectivity index (χ0v) is 9.40. The highest BCUT2D eigenvalue weighted by molar-refractivity contribution is 7.79. The van der Waals surface area contributed by atoms with E-state index in [0.717, 1.165) is 22.3 Å². The summed E-state index contributed by atoms with van der Waals surface area (Å²) < 4.78 is 21.6. The quantitative estimate of drug-likeness (QED) is 0.702. The molecule has 0 aliphatic carbocycles. The fourth-order valence-corrected chi connectivity index (χ4v) is 1.85. The Morgan fingerprint density at radius 3 is 2.43 bits per heavy atom. The normalized spacial score (nSPS) is 12.6. The van der Waals surface area contributed by atoms with E-state index >= 15 is 0 Å². The van der Waals surface area contributed by atoms with Gasteiger partial charge in [0.25, 0.3) is 0 Å². The molecule has 0 radical (unpaired) electrons. The van der Waals surface area contributed by atoms with Crippen molar-refractivity contribution >= 4 is 16.7 Å². The molecule has 0 fully saturated rings. The first-order valence-corrected chi connectivity index (χ1v) is 5.37. The minimum Gasteiger partial charge on any atom is -0.768 e. The Balaban J connectivity index is 3.43. The van der Waals surface area contributed by atoms with Gasteiger partial charge in [-0.3, -0.25) is 4.21 Å². The number of allylic oxidation sites excluding steroid dienone is 1. The van der Waals surface area contributed by atoms with Crippen LogP contribution in [0.2, 0.25) is 0 Å². The summed E-state index contributed by atoms with van der Waals surface area (Å²) in [6, 6.07) is 3.33. The Morgan fingerprint density at radius 1 is 1.43 bits per heavy atom. The first-order valence-electron chi connectivity index (χ1n) is 4.30. The van der Waals surface area contributed by atoms with Crippen LogP contribution in [0.1, 0.15) is 23.6 Å². The molecule has 1 unspecified atom stereocenters. The van der Waals surface area contributed by atoms with Crippen LogP contribution < -0.4 is 0 Å². The molecule has 0 N–H and O–H groups in total. The molecule has 0 amide bonds. The second-order valence-electron chi connectivity index (χ2n) is 3.43. The highest BCUT2D eigenvalue weighted by Gasteiger charge is 2.05. The molecule has 1 aromatic carbocycles. The van der Waals surface area contributed by atoms with Gasteiger partial charge in [0, 0.05) is 4.90 Å². The number of hydrogen-bond donors (Lipinski definition) is 0. The molecule has 0 saturated heterocycles. The van der Waals surface area contributed by atoms with Crippen molar-refractivity contribution in [1.82, 2.24) is 0 Å². The van der Waals surface area contributed by atoms with E-state index in [2.05, 4.69) is 6.58 Å². The predicted octanol–water partition coefficient (Wildman–Crippen LogP) is 2.57. The Labute approximate surface area is 86.9 Å². The van der Waals surface area contributed by atoms with Crippen LogP contribution in [0.5, 0.6) is 0 Å². The molecule has 1 aromatic rings. The van der Waals surface area contributed by atoms with Crippen molar-refractivity contribution in [2.75, 3.05) is 0 Å². The van der Waals surface area contributed by atoms with Gasteiger partial charge in [0.05, 0.1) is 0 Å². The second kappa shape index (κ2) is 4.07. The van der Waals surface area contributed by atoms with Gasteiger partial charge in [0.1, 0.15) is 0 Å². The molecular formula is C11H13O2S-. The van der Waals surface area contributed by atoms with Crippen LogP contribution in [0, 0.1) is 13.8 Å². The third-order valence-corrected chi connectivity index (χ3v) is 2.91. The molecule has 76 valence electrons. The molecule has 0 aromatic heterocycles. The molecule has 0 bridgehead atoms. The predicted molar refractivity (Wildman–Crippen MR) is 57.8 cm³/mol. The van der Waals surface area contributed by atoms with Crippen molar-refractivity contribution in [1.29, 1.82) is 0 Å². The Hall–Kier alpha value is -0.930. The zero-order chi connectivity index (χ0) is 10.9. The highest BCUT2D eigenvalue weighted by Crippen LogP contribution is 2.23. The Bertz CT molecular complexity index is 408. The van der Waals surface area contributed by atoms with Crippen molar-refractivity contribution in [3.05, 3.63) is 35.4 Å². The van der Waals surface area contributed by atoms with Gasteiger partial charge in [-0.2, -0.15) is 0 Å². The van der Waals surface area contributed by atoms with Crippen LogP contribution in [0.4, 0.5) is 0 Å². The van der Waals surface area contributed by atoms with Crippen LogP contribution in [-0.2, 0) is 11.1 Å². The molecule has 0 saturated carbocycles. The molecule has 0 spiro atoms. The van der Waals surface area contributed by atoms with Crippen molar-refractivity contribution in [2.24, 2.45) is 0 Å². The summed E-state index contributed by atoms with van der Waals surface area (Å²) in [5.74, 6) is 0. The molecule has 0 aliphatic rings. The van der Waals surface area contributed by atoms with Crippen LogP contribution in [0.3, 0.4) is 0 Å². The van der Waals surface area contributed by atoms with Crippen LogP contribution in [-0.4, -0.2) is 8.76 Å². The van der Waals surface area contributed by atoms with Crippen LogP contribution >= 0.6 is 0 Å². The largest absolute Gasteiger partial charge is 0.768 e. The first kappa shape index (κ1) is 11.1. The van der Waals surface area contributed by atoms with Gasteiger partial charge < -0.3 is 4.55 Å². The summed E-state index contributed by atoms with van der Waals surface area (Å²) >= 11 is -2.17. The first-order chi connectivity index (χ1) is 6.43. The summed E-state index contributed by atoms with van der Waals surface area (Å²) in [6.45, 7) is 9.57. The molecule has 0 aliphatic heterocycles. The molecular weight excluding hydrogens is 196 g/mol. The lowest BCUT2D eigenvalue weighted by Gasteiger charge is -2.13. The number of aryl methyl sites for hydroxylation is 1. The van der Waals surface area contributed by atoms with E-state index in [1.165, 1.54) is 0 Å². The van der Waals surface area contributed by atoms with Gasteiger partial charge in [-0.15, -0.1) is 0 Å². The third-order valence-electron chi connectivity index (χ3n) is 2.29. The van der Waals surface area contributed by atoms with E-state index in [0.29, 0.717) is 4.90 Å². The minimum atomic E-state index is -2.17. The number of rotatable bonds is 2. The standard InChI is InChI=1S/C11H14O2S/c1-7(2)11-6-10(14(12)13)5-8(3)9(11)4/h5-6H,1H2,2-4H3,(H,12,13)/p-1. The smallest absolute Gasteiger partial charge is 0.0257 e. The summed E-state index contributed by atoms with van der Waals surface area (Å²) in [6.07, 6.45) is 0. The lowest BCUT2D eigenvalue weighted by atomic mass is 9.99. The van der Waals surface area contributed by atoms with Crippen molar-refractivity contribution in [2.45, 2.75) is 25.7 Å². The van der Waals surface area contributed by atoms with Gasteiger partial charge in [-0.1, -0.05) is 12.2 Å². The van der Waals surface area contributed by atoms with E-state index in [1.807, 2.05) is 20.8 Å². The van der Waals surface area contributed by atoms with E-state index in [4.69, 9.17) is 0 Å². The van der Waals surface area contributed by atoms with E-state index in [-0.39, 0.29) is 0 Å². The van der Waals surface area contributed by atoms with Gasteiger partial charge in [-0.25, -0.2) is 0 Å². The van der Waals surface area contributed by atoms with Crippen LogP contribution in [0.25, 0.3) is 5.57 Å². The number of hydrogen-bond acceptors (Lipinski definition) is 2. The molecule has 1 rings (SSSR count). The molecule has 0 heterocycles. The number of benzene rings is 1. The fraction of sp³-hybridized carbons (Fsp3) is 0.273. The van der Waals surface area contributed by atoms with Crippen LogP contribution in [0.15, 0.2) is 23.6 Å². The van der Waals surface area contributed by atoms with Gasteiger partial charge in [0.15, 0.2) is 0 Å². The summed E-state index contributed by atoms with van der Waals surface area (Å²) in [7, 11) is 0. The average Bonchev–Trinajstić information content (AvgIpc) is 2.08. The summed E-state index contributed by atoms with van der Waals surface area (Å²) in [5.41, 5.74) is 3.87. The maximum absolute atomic E-state index is 10.8. The van der Waals surface area contributed by atoms with E-state index in [9.17, 15) is 8.76 Å². The monoisotopic (exact) mass is 209 g/mol. The maximum Gasteiger partial charge on any atom is 0.0257 e. The summed E-state index contributed by atoms with van der Waals surface area (Å²) in [5, 5.41) is 0. The fourth-order valence-electron chi connectivity index (χ4n) is 1.37. The van der Waals surface area contributed by atoms with Crippen molar-refractivity contribution < 1.29 is 8.76 Å². The van der Waals surface area contributed by atoms with Gasteiger partial charge in [0.2, 0.25) is 0 Å². The Morgan fingerprint density at radius 2 is 2.00 bits per heavy atom. The maximum atomic E-state index is 10.8. The van der Waals surface area contributed by atoms with Gasteiger partial charge in [-0.05, 0) is 60.7 Å². The minimum absolute atomic E-state index is 0.325. The highest BCUT2D eigenvalue weighted by atomic mass is 32.2. The topological polar surface area (TPSA) is 40.1 Å². The molecule has 3 heteroatoms. The lowest BCUT2D eigenvalue weighted by Crippen LogP contribution is -1.96. The van der Waals surface area contributed by atoms with Crippen molar-refractivity contribution in [3.63, 3.8) is 0 Å². The molecule has 14 heavy (non-hydrogen) atoms. The summed E-state index contributed by atoms with van der Waals surface area (Å²) in [4.78, 5) is 0.325. The second-order valence-corrected chi connectivity index (χ2v) is 4.37. The van der Waals surface area contributed by atoms with E-state index < -0.39 is 11.1 Å².